The number of aromatic nitrogens is 6. The van der Waals surface area contributed by atoms with Crippen molar-refractivity contribution in [1.82, 2.24) is 43.8 Å². The zero-order valence-electron chi connectivity index (χ0n) is 59.6. The Morgan fingerprint density at radius 3 is 1.06 bits per heavy atom. The first-order chi connectivity index (χ1) is 52.0. The van der Waals surface area contributed by atoms with Gasteiger partial charge in [0.1, 0.15) is 5.60 Å². The van der Waals surface area contributed by atoms with E-state index in [0.717, 1.165) is 127 Å². The smallest absolute Gasteiger partial charge is 0.114 e. The first-order valence-electron chi connectivity index (χ1n) is 35.5. The number of epoxide rings is 1. The lowest BCUT2D eigenvalue weighted by atomic mass is 9.93. The van der Waals surface area contributed by atoms with Gasteiger partial charge in [0.15, 0.2) is 0 Å². The number of nitrogens with one attached hydrogen (secondary N) is 1. The molecule has 3 unspecified atom stereocenters. The van der Waals surface area contributed by atoms with E-state index in [1.165, 1.54) is 11.1 Å². The zero-order valence-corrected chi connectivity index (χ0v) is 66.4. The first-order valence-corrected chi connectivity index (χ1v) is 38.9. The lowest BCUT2D eigenvalue weighted by Gasteiger charge is -2.45. The fourth-order valence-corrected chi connectivity index (χ4v) is 16.1. The maximum absolute atomic E-state index is 11.5. The number of ether oxygens (including phenoxy) is 1. The lowest BCUT2D eigenvalue weighted by molar-refractivity contribution is 0.00994. The molecule has 24 heteroatoms. The van der Waals surface area contributed by atoms with E-state index in [2.05, 4.69) is 112 Å². The Balaban J connectivity index is 0.000000134. The molecule has 0 saturated carbocycles. The van der Waals surface area contributed by atoms with Crippen molar-refractivity contribution in [2.24, 2.45) is 0 Å². The second-order valence-corrected chi connectivity index (χ2v) is 31.7. The summed E-state index contributed by atoms with van der Waals surface area (Å²) in [5.74, 6) is 0. The Hall–Kier alpha value is -7.62. The van der Waals surface area contributed by atoms with Crippen molar-refractivity contribution in [1.29, 1.82) is 0 Å². The Kier molecular flexibility index (Phi) is 25.6. The third kappa shape index (κ3) is 19.6. The summed E-state index contributed by atoms with van der Waals surface area (Å²) in [4.78, 5) is 23.8. The van der Waals surface area contributed by atoms with Crippen LogP contribution in [-0.2, 0) is 21.5 Å². The number of halogens is 9. The monoisotopic (exact) mass is 1620 g/mol. The summed E-state index contributed by atoms with van der Waals surface area (Å²) in [7, 11) is 0. The van der Waals surface area contributed by atoms with Gasteiger partial charge in [-0.15, -0.1) is 0 Å². The van der Waals surface area contributed by atoms with Crippen LogP contribution in [0.15, 0.2) is 256 Å². The van der Waals surface area contributed by atoms with E-state index in [-0.39, 0.29) is 23.7 Å². The van der Waals surface area contributed by atoms with Gasteiger partial charge in [0.2, 0.25) is 0 Å². The maximum atomic E-state index is 11.5. The highest BCUT2D eigenvalue weighted by atomic mass is 35.5. The Morgan fingerprint density at radius 1 is 0.417 bits per heavy atom. The van der Waals surface area contributed by atoms with Crippen LogP contribution >= 0.6 is 104 Å². The summed E-state index contributed by atoms with van der Waals surface area (Å²) >= 11 is 56.2. The predicted octanol–water partition coefficient (Wildman–Crippen LogP) is 20.1. The number of nitrogens with zero attached hydrogens (tertiary/aromatic N) is 11. The molecule has 558 valence electrons. The van der Waals surface area contributed by atoms with Crippen LogP contribution in [0.5, 0.6) is 0 Å². The van der Waals surface area contributed by atoms with Gasteiger partial charge in [-0.2, -0.15) is 0 Å². The minimum Gasteiger partial charge on any atom is -0.384 e. The first kappa shape index (κ1) is 78.5. The summed E-state index contributed by atoms with van der Waals surface area (Å²) in [5, 5.41) is 32.4. The molecule has 0 spiro atoms. The van der Waals surface area contributed by atoms with E-state index in [1.54, 1.807) is 55.8 Å². The molecule has 7 heterocycles. The molecule has 4 fully saturated rings. The van der Waals surface area contributed by atoms with E-state index >= 15 is 0 Å². The second-order valence-electron chi connectivity index (χ2n) is 27.9. The van der Waals surface area contributed by atoms with Gasteiger partial charge in [-0.05, 0) is 182 Å². The van der Waals surface area contributed by atoms with Gasteiger partial charge < -0.3 is 48.7 Å². The number of benzene rings is 9. The van der Waals surface area contributed by atoms with Crippen LogP contribution < -0.4 is 20.0 Å². The molecule has 16 rings (SSSR count). The number of rotatable bonds is 16. The van der Waals surface area contributed by atoms with Gasteiger partial charge in [0, 0.05) is 156 Å². The van der Waals surface area contributed by atoms with Crippen molar-refractivity contribution < 1.29 is 14.9 Å². The Bertz CT molecular complexity index is 4680. The molecule has 15 nitrogen and oxygen atoms in total. The molecule has 0 bridgehead atoms. The summed E-state index contributed by atoms with van der Waals surface area (Å²) in [6.07, 6.45) is 16.3. The number of piperazine rings is 3. The number of aliphatic hydroxyl groups is 2. The van der Waals surface area contributed by atoms with Gasteiger partial charge >= 0.3 is 0 Å². The van der Waals surface area contributed by atoms with Gasteiger partial charge in [-0.3, -0.25) is 9.80 Å². The molecule has 9 aromatic carbocycles. The van der Waals surface area contributed by atoms with E-state index in [4.69, 9.17) is 109 Å². The Labute approximate surface area is 675 Å². The van der Waals surface area contributed by atoms with Gasteiger partial charge in [0.05, 0.1) is 87.0 Å². The number of anilines is 3. The lowest BCUT2D eigenvalue weighted by Crippen LogP contribution is -2.52. The quantitative estimate of drug-likeness (QED) is 0.0795. The fraction of sp³-hybridized carbons (Fsp3) is 0.250. The second kappa shape index (κ2) is 35.2. The van der Waals surface area contributed by atoms with E-state index < -0.39 is 11.2 Å². The van der Waals surface area contributed by atoms with E-state index in [1.807, 2.05) is 167 Å². The molecule has 12 aromatic rings. The van der Waals surface area contributed by atoms with Crippen molar-refractivity contribution >= 4 is 121 Å². The van der Waals surface area contributed by atoms with Gasteiger partial charge in [-0.1, -0.05) is 177 Å². The Morgan fingerprint density at radius 2 is 0.741 bits per heavy atom. The number of imidazole rings is 3. The molecular weight excluding hydrogens is 1540 g/mol. The minimum absolute atomic E-state index is 0.0343. The molecule has 6 atom stereocenters. The maximum Gasteiger partial charge on any atom is 0.114 e. The molecule has 0 amide bonds. The zero-order chi connectivity index (χ0) is 75.7. The number of β-amino-alcohol motifs (C(OH)–C–C–N with tert-alkyl or cyclic N) is 2. The minimum atomic E-state index is -1.02. The van der Waals surface area contributed by atoms with Crippen LogP contribution in [0, 0.1) is 0 Å². The van der Waals surface area contributed by atoms with Crippen molar-refractivity contribution in [3.05, 3.63) is 335 Å². The van der Waals surface area contributed by atoms with Gasteiger partial charge in [-0.25, -0.2) is 15.0 Å². The highest BCUT2D eigenvalue weighted by molar-refractivity contribution is 6.38. The summed E-state index contributed by atoms with van der Waals surface area (Å²) in [6.45, 7) is 14.9. The third-order valence-electron chi connectivity index (χ3n) is 20.1. The SMILES string of the molecule is CC(O)(CN1CCN(c2ccc(Cl)cc2Cl)[C@H](c2ccc(Cl)cc2)C1)c1ccc(-n2ccnc2)cc1.CC(O)(CN1CCN(c2ccc(Cl)cc2Cl)[C@H](c2ccc(Cl)cc2)C1)c1ccc(-n2ccnc2)cc1.CC1(c2ccc(-n3ccnc3)cc2)CO1.Clc1ccc([C@@H]2CNCCN2c2ccc(Cl)cc2Cl)cc1. The molecule has 4 saturated heterocycles. The summed E-state index contributed by atoms with van der Waals surface area (Å²) < 4.78 is 11.3. The fourth-order valence-electron chi connectivity index (χ4n) is 14.1. The van der Waals surface area contributed by atoms with Crippen LogP contribution in [0.4, 0.5) is 17.1 Å². The van der Waals surface area contributed by atoms with E-state index in [0.29, 0.717) is 53.3 Å². The van der Waals surface area contributed by atoms with Crippen molar-refractivity contribution in [2.45, 2.75) is 55.7 Å². The molecule has 108 heavy (non-hydrogen) atoms. The number of hydrogen-bond donors (Lipinski definition) is 3. The number of hydrogen-bond acceptors (Lipinski definition) is 12. The van der Waals surface area contributed by atoms with Crippen LogP contribution in [0.3, 0.4) is 0 Å². The van der Waals surface area contributed by atoms with Crippen molar-refractivity contribution in [2.75, 3.05) is 93.3 Å². The van der Waals surface area contributed by atoms with Crippen molar-refractivity contribution in [3.8, 4) is 17.1 Å². The molecular formula is C84H81Cl9N12O3. The van der Waals surface area contributed by atoms with Crippen LogP contribution in [0.2, 0.25) is 45.2 Å². The molecule has 4 aliphatic rings. The highest BCUT2D eigenvalue weighted by Gasteiger charge is 2.41. The average molecular weight is 1630 g/mol. The van der Waals surface area contributed by atoms with Crippen LogP contribution in [0.25, 0.3) is 17.1 Å². The molecule has 3 aromatic heterocycles. The topological polar surface area (TPSA) is 135 Å². The molecule has 0 radical (unpaired) electrons. The highest BCUT2D eigenvalue weighted by Crippen LogP contribution is 2.42. The third-order valence-corrected chi connectivity index (χ3v) is 22.5. The summed E-state index contributed by atoms with van der Waals surface area (Å²) in [5.41, 5.74) is 10.5. The normalized spacial score (nSPS) is 19.2. The average Bonchev–Trinajstić information content (AvgIpc) is 1.05. The molecule has 3 N–H and O–H groups in total. The molecule has 4 aliphatic heterocycles. The van der Waals surface area contributed by atoms with Crippen LogP contribution in [-0.4, -0.2) is 127 Å². The predicted molar refractivity (Wildman–Crippen MR) is 443 cm³/mol. The molecule has 0 aliphatic carbocycles. The van der Waals surface area contributed by atoms with Gasteiger partial charge in [0.25, 0.3) is 0 Å². The van der Waals surface area contributed by atoms with Crippen LogP contribution in [0.1, 0.15) is 72.3 Å². The standard InChI is InChI=1S/2C28H27Cl3N4O.C16H15Cl3N2.C12H12N2O/c2*1-28(36,21-4-9-24(10-5-21)34-13-12-32-19-34)18-33-14-15-35(26-11-8-23(30)16-25(26)31)27(17-33)20-2-6-22(29)7-3-20;17-12-3-1-11(2-4-12)16-10-20-7-8-21(16)15-6-5-13(18)9-14(15)19;1-12(8-15-12)10-2-4-11(5-3-10)14-7-6-13-9-14/h2*2-13,16,19,27,36H,14-15,17-18H2,1H3;1-6,9,16,20H,7-8,10H2;2-7,9H,8H2,1H3/t2*27-,28?;16-;/m000./s1. The van der Waals surface area contributed by atoms with Crippen molar-refractivity contribution in [3.63, 3.8) is 0 Å². The largest absolute Gasteiger partial charge is 0.384 e. The van der Waals surface area contributed by atoms with E-state index in [9.17, 15) is 10.2 Å². The summed E-state index contributed by atoms with van der Waals surface area (Å²) in [6, 6.07) is 65.4.